The van der Waals surface area contributed by atoms with Crippen molar-refractivity contribution < 1.29 is 27.6 Å². The summed E-state index contributed by atoms with van der Waals surface area (Å²) in [6.45, 7) is 0.491. The minimum Gasteiger partial charge on any atom is -0.322 e. The number of amides is 4. The van der Waals surface area contributed by atoms with Crippen LogP contribution in [0.25, 0.3) is 0 Å². The lowest BCUT2D eigenvalue weighted by atomic mass is 9.91. The number of rotatable bonds is 4. The predicted molar refractivity (Wildman–Crippen MR) is 89.0 cm³/mol. The molecule has 0 saturated carbocycles. The van der Waals surface area contributed by atoms with E-state index in [9.17, 15) is 27.6 Å². The molecule has 0 spiro atoms. The maximum Gasteiger partial charge on any atom is 0.325 e. The SMILES string of the molecule is CC1(c2cc(F)ccc2F)NC(=O)N(CC(=O)Nc2ccccc2F)C1=O. The van der Waals surface area contributed by atoms with Crippen LogP contribution in [-0.4, -0.2) is 29.3 Å². The van der Waals surface area contributed by atoms with Crippen molar-refractivity contribution in [3.05, 3.63) is 65.5 Å². The van der Waals surface area contributed by atoms with Crippen LogP contribution in [0.5, 0.6) is 0 Å². The summed E-state index contributed by atoms with van der Waals surface area (Å²) in [4.78, 5) is 37.5. The minimum atomic E-state index is -1.87. The van der Waals surface area contributed by atoms with Gasteiger partial charge in [0.25, 0.3) is 5.91 Å². The molecule has 0 bridgehead atoms. The van der Waals surface area contributed by atoms with Gasteiger partial charge < -0.3 is 10.6 Å². The first kappa shape index (κ1) is 18.4. The fourth-order valence-corrected chi connectivity index (χ4v) is 2.80. The Hall–Kier alpha value is -3.36. The monoisotopic (exact) mass is 377 g/mol. The molecule has 1 heterocycles. The van der Waals surface area contributed by atoms with E-state index in [1.165, 1.54) is 25.1 Å². The van der Waals surface area contributed by atoms with Gasteiger partial charge in [0, 0.05) is 5.56 Å². The second-order valence-electron chi connectivity index (χ2n) is 6.10. The van der Waals surface area contributed by atoms with E-state index < -0.39 is 47.4 Å². The quantitative estimate of drug-likeness (QED) is 0.804. The molecule has 3 rings (SSSR count). The molecule has 1 aliphatic heterocycles. The molecule has 1 saturated heterocycles. The van der Waals surface area contributed by atoms with E-state index >= 15 is 0 Å². The molecule has 2 N–H and O–H groups in total. The van der Waals surface area contributed by atoms with Crippen LogP contribution in [0.2, 0.25) is 0 Å². The molecule has 0 aromatic heterocycles. The molecule has 2 aromatic carbocycles. The van der Waals surface area contributed by atoms with Crippen molar-refractivity contribution in [1.29, 1.82) is 0 Å². The van der Waals surface area contributed by atoms with Crippen LogP contribution >= 0.6 is 0 Å². The van der Waals surface area contributed by atoms with E-state index in [1.807, 2.05) is 0 Å². The van der Waals surface area contributed by atoms with Crippen LogP contribution in [-0.2, 0) is 15.1 Å². The first-order valence-electron chi connectivity index (χ1n) is 7.86. The zero-order chi connectivity index (χ0) is 19.8. The van der Waals surface area contributed by atoms with Gasteiger partial charge in [0.2, 0.25) is 5.91 Å². The number of para-hydroxylation sites is 1. The highest BCUT2D eigenvalue weighted by molar-refractivity contribution is 6.10. The summed E-state index contributed by atoms with van der Waals surface area (Å²) in [5.74, 6) is -4.11. The summed E-state index contributed by atoms with van der Waals surface area (Å²) < 4.78 is 41.1. The molecule has 1 unspecified atom stereocenters. The summed E-state index contributed by atoms with van der Waals surface area (Å²) in [5, 5.41) is 4.52. The molecule has 6 nitrogen and oxygen atoms in total. The fourth-order valence-electron chi connectivity index (χ4n) is 2.80. The van der Waals surface area contributed by atoms with Crippen molar-refractivity contribution in [3.63, 3.8) is 0 Å². The van der Waals surface area contributed by atoms with Crippen LogP contribution in [0.3, 0.4) is 0 Å². The fraction of sp³-hybridized carbons (Fsp3) is 0.167. The van der Waals surface area contributed by atoms with E-state index in [-0.39, 0.29) is 11.3 Å². The van der Waals surface area contributed by atoms with Crippen molar-refractivity contribution in [2.45, 2.75) is 12.5 Å². The Kier molecular flexibility index (Phi) is 4.61. The molecule has 0 radical (unpaired) electrons. The molecule has 1 aliphatic rings. The van der Waals surface area contributed by atoms with E-state index in [0.717, 1.165) is 24.3 Å². The number of carbonyl (C=O) groups is 3. The Balaban J connectivity index is 1.81. The van der Waals surface area contributed by atoms with Gasteiger partial charge in [0.05, 0.1) is 5.69 Å². The number of halogens is 3. The lowest BCUT2D eigenvalue weighted by Gasteiger charge is -2.22. The molecule has 4 amide bonds. The van der Waals surface area contributed by atoms with E-state index in [0.29, 0.717) is 4.90 Å². The van der Waals surface area contributed by atoms with Crippen molar-refractivity contribution in [2.24, 2.45) is 0 Å². The minimum absolute atomic E-state index is 0.117. The second kappa shape index (κ2) is 6.75. The number of benzene rings is 2. The topological polar surface area (TPSA) is 78.5 Å². The van der Waals surface area contributed by atoms with Crippen molar-refractivity contribution in [2.75, 3.05) is 11.9 Å². The van der Waals surface area contributed by atoms with Gasteiger partial charge in [-0.2, -0.15) is 0 Å². The smallest absolute Gasteiger partial charge is 0.322 e. The number of anilines is 1. The molecule has 1 fully saturated rings. The number of hydrogen-bond acceptors (Lipinski definition) is 3. The number of hydrogen-bond donors (Lipinski definition) is 2. The molecule has 0 aliphatic carbocycles. The normalized spacial score (nSPS) is 19.2. The largest absolute Gasteiger partial charge is 0.325 e. The van der Waals surface area contributed by atoms with Crippen LogP contribution in [0.15, 0.2) is 42.5 Å². The Labute approximate surface area is 152 Å². The summed E-state index contributed by atoms with van der Waals surface area (Å²) in [6, 6.07) is 6.94. The van der Waals surface area contributed by atoms with Gasteiger partial charge in [0.15, 0.2) is 0 Å². The number of nitrogens with one attached hydrogen (secondary N) is 2. The maximum absolute atomic E-state index is 14.1. The first-order chi connectivity index (χ1) is 12.7. The van der Waals surface area contributed by atoms with Crippen LogP contribution in [0.1, 0.15) is 12.5 Å². The lowest BCUT2D eigenvalue weighted by molar-refractivity contribution is -0.133. The number of imide groups is 1. The van der Waals surface area contributed by atoms with Gasteiger partial charge >= 0.3 is 6.03 Å². The summed E-state index contributed by atoms with van der Waals surface area (Å²) in [5.41, 5.74) is -2.35. The van der Waals surface area contributed by atoms with Gasteiger partial charge in [0.1, 0.15) is 29.5 Å². The third-order valence-corrected chi connectivity index (χ3v) is 4.19. The maximum atomic E-state index is 14.1. The highest BCUT2D eigenvalue weighted by atomic mass is 19.1. The number of nitrogens with zero attached hydrogens (tertiary/aromatic N) is 1. The van der Waals surface area contributed by atoms with E-state index in [1.54, 1.807) is 0 Å². The highest BCUT2D eigenvalue weighted by Crippen LogP contribution is 2.31. The Morgan fingerprint density at radius 2 is 1.81 bits per heavy atom. The van der Waals surface area contributed by atoms with Gasteiger partial charge in [-0.3, -0.25) is 14.5 Å². The summed E-state index contributed by atoms with van der Waals surface area (Å²) >= 11 is 0. The highest BCUT2D eigenvalue weighted by Gasteiger charge is 2.50. The number of carbonyl (C=O) groups excluding carboxylic acids is 3. The average molecular weight is 377 g/mol. The lowest BCUT2D eigenvalue weighted by Crippen LogP contribution is -2.42. The zero-order valence-corrected chi connectivity index (χ0v) is 14.1. The van der Waals surface area contributed by atoms with E-state index in [2.05, 4.69) is 10.6 Å². The second-order valence-corrected chi connectivity index (χ2v) is 6.10. The van der Waals surface area contributed by atoms with Crippen LogP contribution in [0, 0.1) is 17.5 Å². The predicted octanol–water partition coefficient (Wildman–Crippen LogP) is 2.51. The summed E-state index contributed by atoms with van der Waals surface area (Å²) in [7, 11) is 0. The number of urea groups is 1. The molecule has 9 heteroatoms. The summed E-state index contributed by atoms with van der Waals surface area (Å²) in [6.07, 6.45) is 0. The van der Waals surface area contributed by atoms with Crippen LogP contribution in [0.4, 0.5) is 23.7 Å². The Morgan fingerprint density at radius 3 is 2.52 bits per heavy atom. The van der Waals surface area contributed by atoms with Gasteiger partial charge in [-0.1, -0.05) is 12.1 Å². The standard InChI is InChI=1S/C18H14F3N3O3/c1-18(11-8-10(19)6-7-12(11)20)16(26)24(17(27)23-18)9-15(25)22-14-5-3-2-4-13(14)21/h2-8H,9H2,1H3,(H,22,25)(H,23,27). The molecular weight excluding hydrogens is 363 g/mol. The molecule has 27 heavy (non-hydrogen) atoms. The average Bonchev–Trinajstić information content (AvgIpc) is 2.83. The third kappa shape index (κ3) is 3.35. The van der Waals surface area contributed by atoms with Gasteiger partial charge in [-0.05, 0) is 37.3 Å². The molecule has 2 aromatic rings. The van der Waals surface area contributed by atoms with Gasteiger partial charge in [-0.25, -0.2) is 18.0 Å². The molecule has 140 valence electrons. The zero-order valence-electron chi connectivity index (χ0n) is 14.1. The molecular formula is C18H14F3N3O3. The Morgan fingerprint density at radius 1 is 1.11 bits per heavy atom. The Bertz CT molecular complexity index is 950. The van der Waals surface area contributed by atoms with Crippen molar-refractivity contribution in [3.8, 4) is 0 Å². The van der Waals surface area contributed by atoms with Crippen LogP contribution < -0.4 is 10.6 Å². The third-order valence-electron chi connectivity index (χ3n) is 4.19. The molecule has 1 atom stereocenters. The van der Waals surface area contributed by atoms with E-state index in [4.69, 9.17) is 0 Å². The van der Waals surface area contributed by atoms with Crippen molar-refractivity contribution >= 4 is 23.5 Å². The first-order valence-corrected chi connectivity index (χ1v) is 7.86. The van der Waals surface area contributed by atoms with Gasteiger partial charge in [-0.15, -0.1) is 0 Å². The van der Waals surface area contributed by atoms with Crippen molar-refractivity contribution in [1.82, 2.24) is 10.2 Å².